The molecule has 3 rings (SSSR count). The van der Waals surface area contributed by atoms with E-state index in [0.717, 1.165) is 12.8 Å². The van der Waals surface area contributed by atoms with E-state index >= 15 is 0 Å². The third-order valence-electron chi connectivity index (χ3n) is 4.61. The van der Waals surface area contributed by atoms with Gasteiger partial charge in [-0.3, -0.25) is 9.59 Å². The fraction of sp³-hybridized carbons (Fsp3) is 0.300. The van der Waals surface area contributed by atoms with Gasteiger partial charge in [0.2, 0.25) is 17.8 Å². The summed E-state index contributed by atoms with van der Waals surface area (Å²) in [6, 6.07) is 7.09. The molecule has 0 radical (unpaired) electrons. The summed E-state index contributed by atoms with van der Waals surface area (Å²) in [5.41, 5.74) is 1.16. The summed E-state index contributed by atoms with van der Waals surface area (Å²) in [6.45, 7) is 4.04. The Morgan fingerprint density at radius 2 is 2.10 bits per heavy atom. The van der Waals surface area contributed by atoms with Gasteiger partial charge in [-0.25, -0.2) is 4.98 Å². The van der Waals surface area contributed by atoms with Crippen molar-refractivity contribution in [2.24, 2.45) is 0 Å². The molecule has 30 heavy (non-hydrogen) atoms. The van der Waals surface area contributed by atoms with Gasteiger partial charge in [-0.15, -0.1) is 0 Å². The molecular formula is C20H23ClN6O3. The molecule has 1 fully saturated rings. The van der Waals surface area contributed by atoms with Crippen molar-refractivity contribution in [3.63, 3.8) is 0 Å². The number of aliphatic hydroxyl groups is 1. The third-order valence-corrected chi connectivity index (χ3v) is 4.89. The zero-order valence-electron chi connectivity index (χ0n) is 16.3. The molecule has 2 amide bonds. The maximum absolute atomic E-state index is 11.8. The molecule has 1 aliphatic heterocycles. The summed E-state index contributed by atoms with van der Waals surface area (Å²) in [7, 11) is 0. The number of nitrogens with zero attached hydrogens (tertiary/aromatic N) is 3. The molecule has 0 saturated carbocycles. The zero-order valence-corrected chi connectivity index (χ0v) is 17.0. The highest BCUT2D eigenvalue weighted by molar-refractivity contribution is 6.33. The minimum Gasteiger partial charge on any atom is -0.387 e. The second-order valence-electron chi connectivity index (χ2n) is 6.74. The van der Waals surface area contributed by atoms with Crippen molar-refractivity contribution in [1.82, 2.24) is 14.9 Å². The van der Waals surface area contributed by atoms with Crippen LogP contribution in [-0.2, 0) is 9.59 Å². The number of aromatic nitrogens is 2. The number of rotatable bonds is 7. The Morgan fingerprint density at radius 3 is 2.83 bits per heavy atom. The molecule has 1 unspecified atom stereocenters. The molecule has 1 aromatic heterocycles. The first-order valence-corrected chi connectivity index (χ1v) is 9.85. The van der Waals surface area contributed by atoms with Gasteiger partial charge in [0.25, 0.3) is 0 Å². The van der Waals surface area contributed by atoms with E-state index in [9.17, 15) is 9.59 Å². The predicted octanol–water partition coefficient (Wildman–Crippen LogP) is 2.39. The van der Waals surface area contributed by atoms with Crippen molar-refractivity contribution >= 4 is 46.6 Å². The van der Waals surface area contributed by atoms with Crippen molar-refractivity contribution in [3.05, 3.63) is 48.1 Å². The molecule has 0 aliphatic carbocycles. The number of carbonyl (C=O) groups is 2. The number of carbonyl (C=O) groups excluding carboxylic acids is 2. The number of amides is 2. The summed E-state index contributed by atoms with van der Waals surface area (Å²) in [6.07, 6.45) is 4.33. The van der Waals surface area contributed by atoms with Crippen LogP contribution < -0.4 is 16.0 Å². The summed E-state index contributed by atoms with van der Waals surface area (Å²) in [5.74, 6) is 0.102. The van der Waals surface area contributed by atoms with Crippen LogP contribution in [0.3, 0.4) is 0 Å². The normalized spacial score (nSPS) is 15.9. The fourth-order valence-corrected chi connectivity index (χ4v) is 3.28. The van der Waals surface area contributed by atoms with Gasteiger partial charge < -0.3 is 26.0 Å². The lowest BCUT2D eigenvalue weighted by atomic mass is 10.1. The van der Waals surface area contributed by atoms with Crippen molar-refractivity contribution < 1.29 is 14.7 Å². The third kappa shape index (κ3) is 5.46. The minimum absolute atomic E-state index is 0.0394. The van der Waals surface area contributed by atoms with Crippen LogP contribution in [0.4, 0.5) is 23.1 Å². The molecule has 158 valence electrons. The molecule has 0 bridgehead atoms. The highest BCUT2D eigenvalue weighted by Gasteiger charge is 2.23. The monoisotopic (exact) mass is 430 g/mol. The van der Waals surface area contributed by atoms with Gasteiger partial charge in [0, 0.05) is 19.1 Å². The van der Waals surface area contributed by atoms with Crippen LogP contribution >= 0.6 is 11.6 Å². The van der Waals surface area contributed by atoms with E-state index in [1.165, 1.54) is 12.3 Å². The van der Waals surface area contributed by atoms with Crippen molar-refractivity contribution in [3.8, 4) is 0 Å². The van der Waals surface area contributed by atoms with Crippen molar-refractivity contribution in [2.75, 3.05) is 35.6 Å². The molecule has 1 aromatic carbocycles. The summed E-state index contributed by atoms with van der Waals surface area (Å²) in [4.78, 5) is 33.7. The SMILES string of the molecule is C=CC(=O)Nc1ccccc1Nc1nc(NC2CCCN(C(=O)CO)C2)ncc1Cl. The lowest BCUT2D eigenvalue weighted by Crippen LogP contribution is -2.46. The summed E-state index contributed by atoms with van der Waals surface area (Å²) in [5, 5.41) is 18.4. The molecule has 4 N–H and O–H groups in total. The Morgan fingerprint density at radius 1 is 1.33 bits per heavy atom. The largest absolute Gasteiger partial charge is 0.387 e. The number of anilines is 4. The van der Waals surface area contributed by atoms with Crippen LogP contribution in [0.5, 0.6) is 0 Å². The first-order chi connectivity index (χ1) is 14.5. The van der Waals surface area contributed by atoms with Crippen LogP contribution in [0.15, 0.2) is 43.1 Å². The highest BCUT2D eigenvalue weighted by Crippen LogP contribution is 2.29. The Hall–Kier alpha value is -3.17. The molecule has 1 aliphatic rings. The number of piperidine rings is 1. The van der Waals surface area contributed by atoms with Gasteiger partial charge in [0.15, 0.2) is 5.82 Å². The van der Waals surface area contributed by atoms with Crippen LogP contribution in [0, 0.1) is 0 Å². The number of nitrogens with one attached hydrogen (secondary N) is 3. The standard InChI is InChI=1S/C20H23ClN6O3/c1-2-17(29)24-15-7-3-4-8-16(15)25-19-14(21)10-22-20(26-19)23-13-6-5-9-27(11-13)18(30)12-28/h2-4,7-8,10,13,28H,1,5-6,9,11-12H2,(H,24,29)(H2,22,23,25,26). The fourth-order valence-electron chi connectivity index (χ4n) is 3.14. The van der Waals surface area contributed by atoms with Crippen LogP contribution in [-0.4, -0.2) is 57.5 Å². The Labute approximate surface area is 179 Å². The van der Waals surface area contributed by atoms with Crippen LogP contribution in [0.25, 0.3) is 0 Å². The van der Waals surface area contributed by atoms with Crippen molar-refractivity contribution in [1.29, 1.82) is 0 Å². The average molecular weight is 431 g/mol. The maximum Gasteiger partial charge on any atom is 0.248 e. The summed E-state index contributed by atoms with van der Waals surface area (Å²) >= 11 is 6.26. The molecule has 2 aromatic rings. The predicted molar refractivity (Wildman–Crippen MR) is 116 cm³/mol. The highest BCUT2D eigenvalue weighted by atomic mass is 35.5. The Kier molecular flexibility index (Phi) is 7.21. The van der Waals surface area contributed by atoms with Crippen molar-refractivity contribution in [2.45, 2.75) is 18.9 Å². The van der Waals surface area contributed by atoms with Gasteiger partial charge in [0.05, 0.1) is 17.6 Å². The maximum atomic E-state index is 11.8. The van der Waals surface area contributed by atoms with E-state index in [1.807, 2.05) is 6.07 Å². The topological polar surface area (TPSA) is 119 Å². The number of likely N-dealkylation sites (tertiary alicyclic amines) is 1. The minimum atomic E-state index is -0.500. The number of aliphatic hydroxyl groups excluding tert-OH is 1. The Balaban J connectivity index is 1.74. The molecule has 9 nitrogen and oxygen atoms in total. The quantitative estimate of drug-likeness (QED) is 0.498. The zero-order chi connectivity index (χ0) is 21.5. The van der Waals surface area contributed by atoms with E-state index < -0.39 is 6.61 Å². The van der Waals surface area contributed by atoms with Crippen LogP contribution in [0.1, 0.15) is 12.8 Å². The number of halogens is 1. The van der Waals surface area contributed by atoms with E-state index in [-0.39, 0.29) is 17.9 Å². The first-order valence-electron chi connectivity index (χ1n) is 9.47. The summed E-state index contributed by atoms with van der Waals surface area (Å²) < 4.78 is 0. The van der Waals surface area contributed by atoms with E-state index in [4.69, 9.17) is 16.7 Å². The van der Waals surface area contributed by atoms with Gasteiger partial charge in [-0.1, -0.05) is 30.3 Å². The number of benzene rings is 1. The van der Waals surface area contributed by atoms with Gasteiger partial charge in [-0.05, 0) is 31.1 Å². The molecule has 1 saturated heterocycles. The average Bonchev–Trinajstić information content (AvgIpc) is 2.76. The molecule has 0 spiro atoms. The van der Waals surface area contributed by atoms with Gasteiger partial charge in [-0.2, -0.15) is 4.98 Å². The Bertz CT molecular complexity index is 939. The lowest BCUT2D eigenvalue weighted by molar-refractivity contribution is -0.135. The molecule has 10 heteroatoms. The van der Waals surface area contributed by atoms with E-state index in [0.29, 0.717) is 41.3 Å². The molecule has 1 atom stereocenters. The molecular weight excluding hydrogens is 408 g/mol. The second kappa shape index (κ2) is 10.0. The smallest absolute Gasteiger partial charge is 0.248 e. The van der Waals surface area contributed by atoms with Gasteiger partial charge >= 0.3 is 0 Å². The van der Waals surface area contributed by atoms with Gasteiger partial charge in [0.1, 0.15) is 11.6 Å². The first kappa shape index (κ1) is 21.5. The second-order valence-corrected chi connectivity index (χ2v) is 7.14. The number of para-hydroxylation sites is 2. The molecule has 2 heterocycles. The van der Waals surface area contributed by atoms with E-state index in [1.54, 1.807) is 23.1 Å². The lowest BCUT2D eigenvalue weighted by Gasteiger charge is -2.32. The van der Waals surface area contributed by atoms with Crippen LogP contribution in [0.2, 0.25) is 5.02 Å². The number of hydrogen-bond donors (Lipinski definition) is 4. The van der Waals surface area contributed by atoms with E-state index in [2.05, 4.69) is 32.5 Å². The number of hydrogen-bond acceptors (Lipinski definition) is 7.